The predicted molar refractivity (Wildman–Crippen MR) is 49.5 cm³/mol. The third-order valence-electron chi connectivity index (χ3n) is 1.51. The molecule has 0 saturated carbocycles. The standard InChI is InChI=1S/C8H14F6N2O2/c1-2-16-3-7(11,12)18-5-8(13,14)17-4-6(9,10)15/h16H,2-5,15H2,1H3. The molecule has 0 radical (unpaired) electrons. The normalized spacial score (nSPS) is 14.0. The lowest BCUT2D eigenvalue weighted by Gasteiger charge is -2.22. The Labute approximate surface area is 99.4 Å². The van der Waals surface area contributed by atoms with E-state index in [-0.39, 0.29) is 6.54 Å². The van der Waals surface area contributed by atoms with Crippen molar-refractivity contribution < 1.29 is 35.8 Å². The summed E-state index contributed by atoms with van der Waals surface area (Å²) in [6.45, 7) is -2.93. The highest BCUT2D eigenvalue weighted by atomic mass is 19.3. The van der Waals surface area contributed by atoms with Crippen molar-refractivity contribution >= 4 is 0 Å². The van der Waals surface area contributed by atoms with E-state index in [9.17, 15) is 26.3 Å². The van der Waals surface area contributed by atoms with Crippen LogP contribution in [0.3, 0.4) is 0 Å². The van der Waals surface area contributed by atoms with E-state index in [1.807, 2.05) is 0 Å². The Morgan fingerprint density at radius 3 is 1.89 bits per heavy atom. The van der Waals surface area contributed by atoms with E-state index in [0.29, 0.717) is 0 Å². The van der Waals surface area contributed by atoms with Gasteiger partial charge in [-0.3, -0.25) is 5.73 Å². The fraction of sp³-hybridized carbons (Fsp3) is 1.00. The minimum absolute atomic E-state index is 0.186. The average Bonchev–Trinajstić information content (AvgIpc) is 2.21. The van der Waals surface area contributed by atoms with Crippen LogP contribution < -0.4 is 11.1 Å². The van der Waals surface area contributed by atoms with Gasteiger partial charge in [0.1, 0.15) is 13.2 Å². The van der Waals surface area contributed by atoms with Gasteiger partial charge in [0.05, 0.1) is 6.54 Å². The molecule has 110 valence electrons. The fourth-order valence-corrected chi connectivity index (χ4v) is 0.755. The lowest BCUT2D eigenvalue weighted by atomic mass is 10.5. The van der Waals surface area contributed by atoms with Crippen LogP contribution in [0.25, 0.3) is 0 Å². The van der Waals surface area contributed by atoms with Crippen molar-refractivity contribution in [3.63, 3.8) is 0 Å². The van der Waals surface area contributed by atoms with E-state index in [1.165, 1.54) is 6.92 Å². The van der Waals surface area contributed by atoms with E-state index < -0.39 is 38.0 Å². The highest BCUT2D eigenvalue weighted by Crippen LogP contribution is 2.23. The monoisotopic (exact) mass is 284 g/mol. The van der Waals surface area contributed by atoms with Gasteiger partial charge in [0, 0.05) is 0 Å². The highest BCUT2D eigenvalue weighted by Gasteiger charge is 2.40. The van der Waals surface area contributed by atoms with Crippen molar-refractivity contribution in [3.8, 4) is 0 Å². The Kier molecular flexibility index (Phi) is 6.34. The van der Waals surface area contributed by atoms with Crippen molar-refractivity contribution in [2.75, 3.05) is 26.3 Å². The van der Waals surface area contributed by atoms with E-state index in [1.54, 1.807) is 0 Å². The average molecular weight is 284 g/mol. The molecule has 0 atom stereocenters. The van der Waals surface area contributed by atoms with Gasteiger partial charge in [-0.15, -0.1) is 0 Å². The molecule has 0 rings (SSSR count). The summed E-state index contributed by atoms with van der Waals surface area (Å²) in [4.78, 5) is 0. The number of ether oxygens (including phenoxy) is 2. The van der Waals surface area contributed by atoms with Gasteiger partial charge < -0.3 is 14.8 Å². The lowest BCUT2D eigenvalue weighted by molar-refractivity contribution is -0.330. The molecular weight excluding hydrogens is 270 g/mol. The molecule has 0 aliphatic rings. The maximum absolute atomic E-state index is 12.8. The van der Waals surface area contributed by atoms with Crippen LogP contribution in [0.1, 0.15) is 6.92 Å². The van der Waals surface area contributed by atoms with Crippen LogP contribution in [0, 0.1) is 0 Å². The number of halogens is 6. The van der Waals surface area contributed by atoms with Crippen LogP contribution in [-0.4, -0.2) is 44.6 Å². The van der Waals surface area contributed by atoms with Gasteiger partial charge in [-0.1, -0.05) is 6.92 Å². The molecular formula is C8H14F6N2O2. The van der Waals surface area contributed by atoms with Crippen LogP contribution in [0.2, 0.25) is 0 Å². The number of likely N-dealkylation sites (N-methyl/N-ethyl adjacent to an activating group) is 1. The number of hydrogen-bond acceptors (Lipinski definition) is 4. The number of hydrogen-bond donors (Lipinski definition) is 2. The quantitative estimate of drug-likeness (QED) is 0.496. The van der Waals surface area contributed by atoms with E-state index >= 15 is 0 Å². The van der Waals surface area contributed by atoms with Crippen molar-refractivity contribution in [2.45, 2.75) is 25.2 Å². The van der Waals surface area contributed by atoms with Gasteiger partial charge in [-0.2, -0.15) is 26.3 Å². The topological polar surface area (TPSA) is 56.5 Å². The molecule has 0 aliphatic carbocycles. The molecule has 0 aliphatic heterocycles. The second-order valence-electron chi connectivity index (χ2n) is 3.39. The first-order valence-electron chi connectivity index (χ1n) is 4.88. The Balaban J connectivity index is 4.09. The number of nitrogens with one attached hydrogen (secondary N) is 1. The van der Waals surface area contributed by atoms with Gasteiger partial charge in [-0.05, 0) is 6.54 Å². The summed E-state index contributed by atoms with van der Waals surface area (Å²) in [6.07, 6.45) is -8.13. The summed E-state index contributed by atoms with van der Waals surface area (Å²) in [5.41, 5.74) is 4.10. The molecule has 0 aromatic rings. The summed E-state index contributed by atoms with van der Waals surface area (Å²) in [7, 11) is 0. The summed E-state index contributed by atoms with van der Waals surface area (Å²) in [5.74, 6) is 0. The van der Waals surface area contributed by atoms with Gasteiger partial charge in [0.15, 0.2) is 0 Å². The second kappa shape index (κ2) is 6.55. The van der Waals surface area contributed by atoms with Crippen molar-refractivity contribution in [3.05, 3.63) is 0 Å². The largest absolute Gasteiger partial charge is 0.379 e. The Morgan fingerprint density at radius 2 is 1.44 bits per heavy atom. The predicted octanol–water partition coefficient (Wildman–Crippen LogP) is 1.37. The van der Waals surface area contributed by atoms with E-state index in [2.05, 4.69) is 20.5 Å². The Bertz CT molecular complexity index is 246. The molecule has 0 spiro atoms. The molecule has 0 amide bonds. The molecule has 0 bridgehead atoms. The smallest absolute Gasteiger partial charge is 0.311 e. The minimum Gasteiger partial charge on any atom is -0.311 e. The molecule has 3 N–H and O–H groups in total. The number of alkyl halides is 6. The molecule has 0 unspecified atom stereocenters. The van der Waals surface area contributed by atoms with Gasteiger partial charge in [0.25, 0.3) is 0 Å². The first-order chi connectivity index (χ1) is 7.97. The summed E-state index contributed by atoms with van der Waals surface area (Å²) in [5, 5.41) is 2.18. The second-order valence-corrected chi connectivity index (χ2v) is 3.39. The van der Waals surface area contributed by atoms with Crippen molar-refractivity contribution in [1.29, 1.82) is 0 Å². The molecule has 10 heteroatoms. The fourth-order valence-electron chi connectivity index (χ4n) is 0.755. The zero-order chi connectivity index (χ0) is 14.4. The third-order valence-corrected chi connectivity index (χ3v) is 1.51. The molecule has 0 aromatic heterocycles. The number of rotatable bonds is 9. The third kappa shape index (κ3) is 9.45. The van der Waals surface area contributed by atoms with Gasteiger partial charge in [-0.25, -0.2) is 0 Å². The van der Waals surface area contributed by atoms with Crippen LogP contribution in [0.4, 0.5) is 26.3 Å². The maximum atomic E-state index is 12.8. The molecule has 0 heterocycles. The number of nitrogens with two attached hydrogens (primary N) is 1. The molecule has 0 fully saturated rings. The summed E-state index contributed by atoms with van der Waals surface area (Å²) >= 11 is 0. The van der Waals surface area contributed by atoms with Crippen LogP contribution in [-0.2, 0) is 9.47 Å². The Hall–Kier alpha value is -0.580. The molecule has 0 saturated heterocycles. The summed E-state index contributed by atoms with van der Waals surface area (Å²) in [6, 6.07) is -3.98. The first kappa shape index (κ1) is 17.4. The van der Waals surface area contributed by atoms with E-state index in [4.69, 9.17) is 0 Å². The zero-order valence-corrected chi connectivity index (χ0v) is 9.49. The van der Waals surface area contributed by atoms with Gasteiger partial charge >= 0.3 is 18.3 Å². The molecule has 18 heavy (non-hydrogen) atoms. The van der Waals surface area contributed by atoms with Crippen LogP contribution in [0.5, 0.6) is 0 Å². The van der Waals surface area contributed by atoms with Crippen LogP contribution >= 0.6 is 0 Å². The Morgan fingerprint density at radius 1 is 0.944 bits per heavy atom. The van der Waals surface area contributed by atoms with Crippen LogP contribution in [0.15, 0.2) is 0 Å². The zero-order valence-electron chi connectivity index (χ0n) is 9.49. The minimum atomic E-state index is -4.28. The molecule has 0 aromatic carbocycles. The van der Waals surface area contributed by atoms with Crippen molar-refractivity contribution in [1.82, 2.24) is 5.32 Å². The maximum Gasteiger partial charge on any atom is 0.379 e. The lowest BCUT2D eigenvalue weighted by Crippen LogP contribution is -2.42. The van der Waals surface area contributed by atoms with E-state index in [0.717, 1.165) is 0 Å². The molecule has 4 nitrogen and oxygen atoms in total. The first-order valence-corrected chi connectivity index (χ1v) is 4.88. The van der Waals surface area contributed by atoms with Crippen molar-refractivity contribution in [2.24, 2.45) is 5.73 Å². The SMILES string of the molecule is CCNCC(F)(F)OCC(F)(F)OCC(N)(F)F. The highest BCUT2D eigenvalue weighted by molar-refractivity contribution is 4.62. The summed E-state index contributed by atoms with van der Waals surface area (Å²) < 4.78 is 82.0. The van der Waals surface area contributed by atoms with Gasteiger partial charge in [0.2, 0.25) is 0 Å².